The van der Waals surface area contributed by atoms with E-state index in [2.05, 4.69) is 6.07 Å². The van der Waals surface area contributed by atoms with Crippen molar-refractivity contribution < 1.29 is 5.11 Å². The molecule has 3 heterocycles. The first kappa shape index (κ1) is 20.8. The minimum atomic E-state index is -0.230. The van der Waals surface area contributed by atoms with E-state index in [0.29, 0.717) is 17.4 Å². The minimum Gasteiger partial charge on any atom is -0.508 e. The van der Waals surface area contributed by atoms with Gasteiger partial charge < -0.3 is 5.11 Å². The van der Waals surface area contributed by atoms with E-state index in [1.807, 2.05) is 83.2 Å². The fourth-order valence-electron chi connectivity index (χ4n) is 4.30. The number of nitrogens with zero attached hydrogens (tertiary/aromatic N) is 4. The van der Waals surface area contributed by atoms with Crippen molar-refractivity contribution in [1.82, 2.24) is 9.97 Å². The topological polar surface area (TPSA) is 61.6 Å². The molecule has 0 saturated carbocycles. The highest BCUT2D eigenvalue weighted by atomic mass is 35.5. The van der Waals surface area contributed by atoms with E-state index < -0.39 is 0 Å². The van der Waals surface area contributed by atoms with Crippen molar-refractivity contribution in [1.29, 1.82) is 0 Å². The molecular weight excluding hydrogens is 464 g/mol. The van der Waals surface area contributed by atoms with Gasteiger partial charge in [0.2, 0.25) is 5.95 Å². The molecule has 1 aliphatic rings. The summed E-state index contributed by atoms with van der Waals surface area (Å²) in [6.45, 7) is 0. The molecule has 0 saturated heterocycles. The molecule has 0 amide bonds. The SMILES string of the molecule is Oc1ccccc1C1CC(c2cccs2)=NN1c1nc(-c2ccccc2)c2cc(Cl)ccc2n1. The number of phenols is 1. The lowest BCUT2D eigenvalue weighted by Crippen LogP contribution is -2.21. The molecule has 0 fully saturated rings. The van der Waals surface area contributed by atoms with Crippen LogP contribution >= 0.6 is 22.9 Å². The fourth-order valence-corrected chi connectivity index (χ4v) is 5.20. The molecule has 1 N–H and O–H groups in total. The maximum absolute atomic E-state index is 10.7. The van der Waals surface area contributed by atoms with Crippen molar-refractivity contribution >= 4 is 45.5 Å². The zero-order chi connectivity index (χ0) is 23.1. The molecule has 0 radical (unpaired) electrons. The Kier molecular flexibility index (Phi) is 5.24. The molecule has 5 aromatic rings. The number of hydrazone groups is 1. The average Bonchev–Trinajstić information content (AvgIpc) is 3.55. The first-order valence-corrected chi connectivity index (χ1v) is 12.1. The number of hydrogen-bond donors (Lipinski definition) is 1. The third kappa shape index (κ3) is 3.71. The van der Waals surface area contributed by atoms with Crippen molar-refractivity contribution in [2.24, 2.45) is 5.10 Å². The number of anilines is 1. The molecule has 1 atom stereocenters. The van der Waals surface area contributed by atoms with Crippen LogP contribution < -0.4 is 5.01 Å². The summed E-state index contributed by atoms with van der Waals surface area (Å²) in [6.07, 6.45) is 0.640. The molecule has 34 heavy (non-hydrogen) atoms. The van der Waals surface area contributed by atoms with Gasteiger partial charge in [0.25, 0.3) is 0 Å². The number of rotatable bonds is 4. The van der Waals surface area contributed by atoms with Gasteiger partial charge in [0, 0.05) is 28.0 Å². The molecule has 5 nitrogen and oxygen atoms in total. The number of aromatic hydroxyl groups is 1. The number of thiophene rings is 1. The third-order valence-corrected chi connectivity index (χ3v) is 7.06. The van der Waals surface area contributed by atoms with Crippen LogP contribution in [0, 0.1) is 0 Å². The highest BCUT2D eigenvalue weighted by Gasteiger charge is 2.34. The molecule has 3 aromatic carbocycles. The first-order valence-electron chi connectivity index (χ1n) is 10.9. The zero-order valence-electron chi connectivity index (χ0n) is 18.0. The summed E-state index contributed by atoms with van der Waals surface area (Å²) in [4.78, 5) is 11.0. The van der Waals surface area contributed by atoms with Gasteiger partial charge in [-0.05, 0) is 35.7 Å². The number of aromatic nitrogens is 2. The highest BCUT2D eigenvalue weighted by Crippen LogP contribution is 2.40. The van der Waals surface area contributed by atoms with Crippen LogP contribution in [-0.2, 0) is 0 Å². The lowest BCUT2D eigenvalue weighted by atomic mass is 10.0. The highest BCUT2D eigenvalue weighted by molar-refractivity contribution is 7.12. The van der Waals surface area contributed by atoms with Gasteiger partial charge in [0.1, 0.15) is 5.75 Å². The van der Waals surface area contributed by atoms with Crippen LogP contribution in [0.2, 0.25) is 5.02 Å². The van der Waals surface area contributed by atoms with Gasteiger partial charge in [-0.2, -0.15) is 5.10 Å². The number of halogens is 1. The summed E-state index contributed by atoms with van der Waals surface area (Å²) in [7, 11) is 0. The summed E-state index contributed by atoms with van der Waals surface area (Å²) < 4.78 is 0. The van der Waals surface area contributed by atoms with Gasteiger partial charge in [-0.1, -0.05) is 66.2 Å². The second-order valence-corrected chi connectivity index (χ2v) is 9.43. The second-order valence-electron chi connectivity index (χ2n) is 8.05. The van der Waals surface area contributed by atoms with Crippen LogP contribution in [0.1, 0.15) is 22.9 Å². The Morgan fingerprint density at radius 1 is 0.912 bits per heavy atom. The summed E-state index contributed by atoms with van der Waals surface area (Å²) in [5, 5.41) is 21.0. The number of phenolic OH excluding ortho intramolecular Hbond substituents is 1. The van der Waals surface area contributed by atoms with Crippen LogP contribution in [0.15, 0.2) is 95.4 Å². The Balaban J connectivity index is 1.56. The predicted octanol–water partition coefficient (Wildman–Crippen LogP) is 7.07. The monoisotopic (exact) mass is 482 g/mol. The van der Waals surface area contributed by atoms with E-state index in [0.717, 1.165) is 38.3 Å². The quantitative estimate of drug-likeness (QED) is 0.297. The van der Waals surface area contributed by atoms with E-state index >= 15 is 0 Å². The van der Waals surface area contributed by atoms with Crippen LogP contribution in [0.25, 0.3) is 22.2 Å². The third-order valence-electron chi connectivity index (χ3n) is 5.91. The number of hydrogen-bond acceptors (Lipinski definition) is 6. The fraction of sp³-hybridized carbons (Fsp3) is 0.0741. The van der Waals surface area contributed by atoms with E-state index in [9.17, 15) is 5.11 Å². The molecule has 0 spiro atoms. The van der Waals surface area contributed by atoms with Gasteiger partial charge in [0.15, 0.2) is 0 Å². The summed E-state index contributed by atoms with van der Waals surface area (Å²) in [6, 6.07) is 26.9. The van der Waals surface area contributed by atoms with Crippen LogP contribution in [0.4, 0.5) is 5.95 Å². The van der Waals surface area contributed by atoms with Crippen LogP contribution in [0.3, 0.4) is 0 Å². The summed E-state index contributed by atoms with van der Waals surface area (Å²) in [5.41, 5.74) is 4.28. The van der Waals surface area contributed by atoms with Gasteiger partial charge in [-0.25, -0.2) is 15.0 Å². The lowest BCUT2D eigenvalue weighted by Gasteiger charge is -2.23. The van der Waals surface area contributed by atoms with E-state index in [1.54, 1.807) is 17.4 Å². The smallest absolute Gasteiger partial charge is 0.247 e. The normalized spacial score (nSPS) is 15.6. The Morgan fingerprint density at radius 3 is 2.53 bits per heavy atom. The summed E-state index contributed by atoms with van der Waals surface area (Å²) >= 11 is 7.97. The predicted molar refractivity (Wildman–Crippen MR) is 139 cm³/mol. The molecule has 7 heteroatoms. The molecule has 2 aromatic heterocycles. The summed E-state index contributed by atoms with van der Waals surface area (Å²) in [5.74, 6) is 0.712. The van der Waals surface area contributed by atoms with Crippen molar-refractivity contribution in [3.8, 4) is 17.0 Å². The van der Waals surface area contributed by atoms with Gasteiger partial charge in [-0.15, -0.1) is 11.3 Å². The van der Waals surface area contributed by atoms with E-state index in [4.69, 9.17) is 26.7 Å². The maximum atomic E-state index is 10.7. The van der Waals surface area contributed by atoms with E-state index in [1.165, 1.54) is 0 Å². The van der Waals surface area contributed by atoms with Crippen molar-refractivity contribution in [2.75, 3.05) is 5.01 Å². The Hall–Kier alpha value is -3.74. The largest absolute Gasteiger partial charge is 0.508 e. The Morgan fingerprint density at radius 2 is 1.74 bits per heavy atom. The first-order chi connectivity index (χ1) is 16.7. The lowest BCUT2D eigenvalue weighted by molar-refractivity contribution is 0.460. The molecular formula is C27H19ClN4OS. The van der Waals surface area contributed by atoms with Gasteiger partial charge in [-0.3, -0.25) is 0 Å². The molecule has 166 valence electrons. The van der Waals surface area contributed by atoms with Crippen LogP contribution in [0.5, 0.6) is 5.75 Å². The van der Waals surface area contributed by atoms with Crippen LogP contribution in [-0.4, -0.2) is 20.8 Å². The van der Waals surface area contributed by atoms with Gasteiger partial charge in [0.05, 0.1) is 27.8 Å². The standard InChI is InChI=1S/C27H19ClN4OS/c28-18-12-13-21-20(15-18)26(17-7-2-1-3-8-17)30-27(29-21)32-23(19-9-4-5-10-24(19)33)16-22(31-32)25-11-6-14-34-25/h1-15,23,33H,16H2. The average molecular weight is 483 g/mol. The second kappa shape index (κ2) is 8.56. The van der Waals surface area contributed by atoms with Gasteiger partial charge >= 0.3 is 0 Å². The molecule has 0 aliphatic carbocycles. The number of para-hydroxylation sites is 1. The van der Waals surface area contributed by atoms with Crippen molar-refractivity contribution in [3.05, 3.63) is 106 Å². The number of benzene rings is 3. The Bertz CT molecular complexity index is 1520. The minimum absolute atomic E-state index is 0.230. The number of fused-ring (bicyclic) bond motifs is 1. The maximum Gasteiger partial charge on any atom is 0.247 e. The zero-order valence-corrected chi connectivity index (χ0v) is 19.5. The van der Waals surface area contributed by atoms with E-state index in [-0.39, 0.29) is 11.8 Å². The molecule has 0 bridgehead atoms. The molecule has 1 aliphatic heterocycles. The Labute approximate surface area is 205 Å². The molecule has 6 rings (SSSR count). The molecule has 1 unspecified atom stereocenters. The van der Waals surface area contributed by atoms with Crippen molar-refractivity contribution in [2.45, 2.75) is 12.5 Å². The van der Waals surface area contributed by atoms with Crippen molar-refractivity contribution in [3.63, 3.8) is 0 Å².